The average molecular weight is 162 g/mol. The van der Waals surface area contributed by atoms with Crippen LogP contribution in [-0.2, 0) is 4.74 Å². The first-order valence-corrected chi connectivity index (χ1v) is 4.61. The van der Waals surface area contributed by atoms with Crippen LogP contribution in [0.2, 0.25) is 0 Å². The van der Waals surface area contributed by atoms with E-state index >= 15 is 0 Å². The van der Waals surface area contributed by atoms with Crippen molar-refractivity contribution in [1.82, 2.24) is 0 Å². The van der Waals surface area contributed by atoms with Crippen LogP contribution in [0.4, 0.5) is 0 Å². The molecule has 0 aromatic carbocycles. The number of hydrogen-bond acceptors (Lipinski definition) is 3. The van der Waals surface area contributed by atoms with Crippen molar-refractivity contribution in [3.05, 3.63) is 0 Å². The fourth-order valence-electron chi connectivity index (χ4n) is 0.965. The average Bonchev–Trinajstić information content (AvgIpc) is 2.33. The van der Waals surface area contributed by atoms with E-state index in [1.807, 2.05) is 0 Å². The minimum atomic E-state index is -0.0343. The maximum absolute atomic E-state index is 8.76. The summed E-state index contributed by atoms with van der Waals surface area (Å²) in [7, 11) is 0. The minimum Gasteiger partial charge on any atom is -0.394 e. The summed E-state index contributed by atoms with van der Waals surface area (Å²) < 4.78 is 5.56. The van der Waals surface area contributed by atoms with Crippen LogP contribution in [0.5, 0.6) is 0 Å². The zero-order valence-corrected chi connectivity index (χ0v) is 7.28. The van der Waals surface area contributed by atoms with Gasteiger partial charge in [0.25, 0.3) is 0 Å². The smallest absolute Gasteiger partial charge is 0.111 e. The molecule has 1 aliphatic heterocycles. The van der Waals surface area contributed by atoms with E-state index in [0.717, 1.165) is 12.2 Å². The number of hydrogen-bond donors (Lipinski definition) is 1. The lowest BCUT2D eigenvalue weighted by Gasteiger charge is -2.20. The van der Waals surface area contributed by atoms with Gasteiger partial charge in [-0.25, -0.2) is 0 Å². The van der Waals surface area contributed by atoms with Crippen LogP contribution in [0.1, 0.15) is 20.3 Å². The van der Waals surface area contributed by atoms with E-state index in [9.17, 15) is 0 Å². The Kier molecular flexibility index (Phi) is 2.61. The second-order valence-corrected chi connectivity index (χ2v) is 4.21. The molecular weight excluding hydrogens is 148 g/mol. The molecule has 0 amide bonds. The van der Waals surface area contributed by atoms with Gasteiger partial charge in [-0.2, -0.15) is 0 Å². The van der Waals surface area contributed by atoms with E-state index in [1.54, 1.807) is 11.8 Å². The second kappa shape index (κ2) is 3.11. The standard InChI is InChI=1S/C7H14O2S/c1-3-7(2)9-6(4-8)5-10-7/h6,8H,3-5H2,1-2H3. The molecule has 0 aromatic heterocycles. The quantitative estimate of drug-likeness (QED) is 0.662. The van der Waals surface area contributed by atoms with Crippen molar-refractivity contribution >= 4 is 11.8 Å². The molecule has 1 aliphatic rings. The highest BCUT2D eigenvalue weighted by Gasteiger charge is 2.34. The third kappa shape index (κ3) is 1.65. The van der Waals surface area contributed by atoms with Crippen LogP contribution < -0.4 is 0 Å². The largest absolute Gasteiger partial charge is 0.394 e. The summed E-state index contributed by atoms with van der Waals surface area (Å²) in [5.41, 5.74) is 0. The van der Waals surface area contributed by atoms with Gasteiger partial charge in [0.15, 0.2) is 0 Å². The number of ether oxygens (including phenoxy) is 1. The molecule has 0 saturated carbocycles. The fourth-order valence-corrected chi connectivity index (χ4v) is 2.09. The first kappa shape index (κ1) is 8.37. The zero-order chi connectivity index (χ0) is 7.61. The van der Waals surface area contributed by atoms with Gasteiger partial charge in [-0.05, 0) is 13.3 Å². The van der Waals surface area contributed by atoms with E-state index in [1.165, 1.54) is 0 Å². The Morgan fingerprint density at radius 1 is 1.80 bits per heavy atom. The summed E-state index contributed by atoms with van der Waals surface area (Å²) in [6.07, 6.45) is 1.07. The van der Waals surface area contributed by atoms with Crippen molar-refractivity contribution in [2.75, 3.05) is 12.4 Å². The van der Waals surface area contributed by atoms with Gasteiger partial charge in [0.1, 0.15) is 4.93 Å². The summed E-state index contributed by atoms with van der Waals surface area (Å²) in [4.78, 5) is -0.0343. The molecule has 0 spiro atoms. The second-order valence-electron chi connectivity index (χ2n) is 2.72. The number of thioether (sulfide) groups is 1. The molecule has 1 fully saturated rings. The molecule has 2 nitrogen and oxygen atoms in total. The van der Waals surface area contributed by atoms with Gasteiger partial charge in [0, 0.05) is 5.75 Å². The zero-order valence-electron chi connectivity index (χ0n) is 6.46. The van der Waals surface area contributed by atoms with Gasteiger partial charge in [-0.1, -0.05) is 6.92 Å². The SMILES string of the molecule is CCC1(C)OC(CO)CS1. The lowest BCUT2D eigenvalue weighted by atomic mass is 10.3. The maximum Gasteiger partial charge on any atom is 0.111 e. The summed E-state index contributed by atoms with van der Waals surface area (Å²) in [6, 6.07) is 0. The molecule has 2 unspecified atom stereocenters. The highest BCUT2D eigenvalue weighted by molar-refractivity contribution is 8.00. The summed E-state index contributed by atoms with van der Waals surface area (Å²) in [5.74, 6) is 0.931. The Hall–Kier alpha value is 0.270. The molecule has 3 heteroatoms. The van der Waals surface area contributed by atoms with Gasteiger partial charge < -0.3 is 9.84 Å². The van der Waals surface area contributed by atoms with E-state index in [2.05, 4.69) is 13.8 Å². The van der Waals surface area contributed by atoms with Crippen LogP contribution in [0.3, 0.4) is 0 Å². The first-order chi connectivity index (χ1) is 4.70. The Morgan fingerprint density at radius 2 is 2.50 bits per heavy atom. The van der Waals surface area contributed by atoms with Gasteiger partial charge in [-0.3, -0.25) is 0 Å². The molecule has 1 saturated heterocycles. The Bertz CT molecular complexity index is 118. The molecule has 2 atom stereocenters. The Morgan fingerprint density at radius 3 is 2.80 bits per heavy atom. The minimum absolute atomic E-state index is 0.0343. The number of aliphatic hydroxyl groups excluding tert-OH is 1. The van der Waals surface area contributed by atoms with Crippen molar-refractivity contribution in [3.8, 4) is 0 Å². The number of rotatable bonds is 2. The van der Waals surface area contributed by atoms with E-state index in [4.69, 9.17) is 9.84 Å². The molecular formula is C7H14O2S. The van der Waals surface area contributed by atoms with Gasteiger partial charge in [0.2, 0.25) is 0 Å². The maximum atomic E-state index is 8.76. The summed E-state index contributed by atoms with van der Waals surface area (Å²) >= 11 is 1.80. The Balaban J connectivity index is 2.41. The molecule has 1 N–H and O–H groups in total. The molecule has 0 aromatic rings. The monoisotopic (exact) mass is 162 g/mol. The lowest BCUT2D eigenvalue weighted by molar-refractivity contribution is -0.0238. The van der Waals surface area contributed by atoms with E-state index < -0.39 is 0 Å². The molecule has 0 bridgehead atoms. The summed E-state index contributed by atoms with van der Waals surface area (Å²) in [5, 5.41) is 8.76. The fraction of sp³-hybridized carbons (Fsp3) is 1.00. The van der Waals surface area contributed by atoms with Crippen molar-refractivity contribution in [3.63, 3.8) is 0 Å². The molecule has 0 aliphatic carbocycles. The topological polar surface area (TPSA) is 29.5 Å². The van der Waals surface area contributed by atoms with Crippen LogP contribution >= 0.6 is 11.8 Å². The number of aliphatic hydroxyl groups is 1. The Labute approximate surface area is 66.0 Å². The molecule has 0 radical (unpaired) electrons. The van der Waals surface area contributed by atoms with Crippen LogP contribution in [0.25, 0.3) is 0 Å². The van der Waals surface area contributed by atoms with Crippen LogP contribution in [-0.4, -0.2) is 28.5 Å². The summed E-state index contributed by atoms with van der Waals surface area (Å²) in [6.45, 7) is 4.34. The van der Waals surface area contributed by atoms with Crippen LogP contribution in [0.15, 0.2) is 0 Å². The van der Waals surface area contributed by atoms with Gasteiger partial charge >= 0.3 is 0 Å². The highest BCUT2D eigenvalue weighted by Crippen LogP contribution is 2.38. The van der Waals surface area contributed by atoms with Crippen molar-refractivity contribution in [2.45, 2.75) is 31.3 Å². The first-order valence-electron chi connectivity index (χ1n) is 3.63. The van der Waals surface area contributed by atoms with Crippen molar-refractivity contribution in [1.29, 1.82) is 0 Å². The van der Waals surface area contributed by atoms with Crippen molar-refractivity contribution in [2.24, 2.45) is 0 Å². The predicted octanol–water partition coefficient (Wildman–Crippen LogP) is 1.24. The van der Waals surface area contributed by atoms with Crippen LogP contribution in [0, 0.1) is 0 Å². The normalized spacial score (nSPS) is 40.5. The van der Waals surface area contributed by atoms with Gasteiger partial charge in [0.05, 0.1) is 12.7 Å². The van der Waals surface area contributed by atoms with Gasteiger partial charge in [-0.15, -0.1) is 11.8 Å². The highest BCUT2D eigenvalue weighted by atomic mass is 32.2. The lowest BCUT2D eigenvalue weighted by Crippen LogP contribution is -2.23. The van der Waals surface area contributed by atoms with Crippen molar-refractivity contribution < 1.29 is 9.84 Å². The third-order valence-corrected chi connectivity index (χ3v) is 3.37. The molecule has 1 heterocycles. The molecule has 1 rings (SSSR count). The molecule has 10 heavy (non-hydrogen) atoms. The van der Waals surface area contributed by atoms with E-state index in [0.29, 0.717) is 0 Å². The van der Waals surface area contributed by atoms with E-state index in [-0.39, 0.29) is 17.6 Å². The predicted molar refractivity (Wildman–Crippen MR) is 43.1 cm³/mol. The third-order valence-electron chi connectivity index (χ3n) is 1.84. The molecule has 60 valence electrons.